The summed E-state index contributed by atoms with van der Waals surface area (Å²) in [4.78, 5) is 23.9. The van der Waals surface area contributed by atoms with Gasteiger partial charge in [0.2, 0.25) is 11.8 Å². The fourth-order valence-corrected chi connectivity index (χ4v) is 2.68. The van der Waals surface area contributed by atoms with E-state index in [4.69, 9.17) is 17.3 Å². The predicted octanol–water partition coefficient (Wildman–Crippen LogP) is 1.55. The van der Waals surface area contributed by atoms with Crippen molar-refractivity contribution in [2.24, 2.45) is 5.73 Å². The quantitative estimate of drug-likeness (QED) is 0.766. The van der Waals surface area contributed by atoms with Crippen molar-refractivity contribution < 1.29 is 9.59 Å². The van der Waals surface area contributed by atoms with E-state index in [1.54, 1.807) is 12.1 Å². The molecule has 1 aliphatic rings. The van der Waals surface area contributed by atoms with Crippen LogP contribution in [0.15, 0.2) is 36.4 Å². The second kappa shape index (κ2) is 8.70. The molecule has 5 nitrogen and oxygen atoms in total. The minimum absolute atomic E-state index is 0.153. The van der Waals surface area contributed by atoms with Crippen LogP contribution in [0, 0.1) is 0 Å². The maximum atomic E-state index is 12.2. The van der Waals surface area contributed by atoms with Gasteiger partial charge in [-0.05, 0) is 43.4 Å². The molecule has 0 aliphatic carbocycles. The van der Waals surface area contributed by atoms with Crippen molar-refractivity contribution >= 4 is 23.4 Å². The van der Waals surface area contributed by atoms with Crippen LogP contribution >= 0.6 is 11.6 Å². The van der Waals surface area contributed by atoms with E-state index in [1.165, 1.54) is 6.08 Å². The van der Waals surface area contributed by atoms with E-state index in [9.17, 15) is 9.59 Å². The van der Waals surface area contributed by atoms with Crippen LogP contribution in [0.5, 0.6) is 0 Å². The zero-order valence-corrected chi connectivity index (χ0v) is 13.7. The Balaban J connectivity index is 2.13. The number of carbonyl (C=O) groups is 2. The topological polar surface area (TPSA) is 84.2 Å². The largest absolute Gasteiger partial charge is 0.353 e. The summed E-state index contributed by atoms with van der Waals surface area (Å²) in [6, 6.07) is 6.60. The van der Waals surface area contributed by atoms with Crippen molar-refractivity contribution in [3.8, 4) is 0 Å². The van der Waals surface area contributed by atoms with Crippen molar-refractivity contribution in [1.29, 1.82) is 0 Å². The fraction of sp³-hybridized carbons (Fsp3) is 0.412. The summed E-state index contributed by atoms with van der Waals surface area (Å²) in [7, 11) is 0. The number of nitrogens with two attached hydrogens (primary N) is 1. The van der Waals surface area contributed by atoms with Gasteiger partial charge in [-0.2, -0.15) is 0 Å². The van der Waals surface area contributed by atoms with Crippen LogP contribution in [-0.2, 0) is 16.0 Å². The maximum absolute atomic E-state index is 12.2. The molecule has 0 bridgehead atoms. The lowest BCUT2D eigenvalue weighted by atomic mass is 10.0. The number of hydrogen-bond acceptors (Lipinski definition) is 3. The van der Waals surface area contributed by atoms with Gasteiger partial charge < -0.3 is 16.4 Å². The molecule has 1 heterocycles. The molecule has 0 spiro atoms. The third kappa shape index (κ3) is 6.04. The first kappa shape index (κ1) is 17.5. The number of hydrogen-bond donors (Lipinski definition) is 3. The standard InChI is InChI=1S/C17H22ClN3O2/c18-13-5-3-4-12(10-13)11-14-7-8-16(22)20-9-2-1-6-15(19)17(23)21-14/h3-5,7-8,10,14-15H,1-2,6,9,11,19H2,(H,20,22)(H,21,23)/b8-7+/t14-,15+/m1/s1. The maximum Gasteiger partial charge on any atom is 0.243 e. The zero-order valence-electron chi connectivity index (χ0n) is 12.9. The second-order valence-electron chi connectivity index (χ2n) is 5.70. The molecule has 0 unspecified atom stereocenters. The highest BCUT2D eigenvalue weighted by molar-refractivity contribution is 6.30. The van der Waals surface area contributed by atoms with E-state index in [2.05, 4.69) is 10.6 Å². The molecule has 0 fully saturated rings. The van der Waals surface area contributed by atoms with Crippen LogP contribution in [0.2, 0.25) is 5.02 Å². The molecule has 2 atom stereocenters. The average molecular weight is 336 g/mol. The third-order valence-corrected chi connectivity index (χ3v) is 3.97. The van der Waals surface area contributed by atoms with Crippen molar-refractivity contribution in [2.45, 2.75) is 37.8 Å². The Hall–Kier alpha value is -1.85. The highest BCUT2D eigenvalue weighted by Gasteiger charge is 2.17. The molecule has 6 heteroatoms. The Morgan fingerprint density at radius 2 is 2.09 bits per heavy atom. The van der Waals surface area contributed by atoms with Gasteiger partial charge in [-0.3, -0.25) is 9.59 Å². The summed E-state index contributed by atoms with van der Waals surface area (Å²) in [5, 5.41) is 6.36. The first-order chi connectivity index (χ1) is 11.0. The summed E-state index contributed by atoms with van der Waals surface area (Å²) in [6.45, 7) is 0.594. The smallest absolute Gasteiger partial charge is 0.243 e. The van der Waals surface area contributed by atoms with Gasteiger partial charge in [0.1, 0.15) is 0 Å². The van der Waals surface area contributed by atoms with E-state index >= 15 is 0 Å². The number of amides is 2. The summed E-state index contributed by atoms with van der Waals surface area (Å²) in [6.07, 6.45) is 5.92. The fourth-order valence-electron chi connectivity index (χ4n) is 2.47. The van der Waals surface area contributed by atoms with Crippen LogP contribution in [0.4, 0.5) is 0 Å². The molecule has 4 N–H and O–H groups in total. The number of rotatable bonds is 2. The SMILES string of the molecule is N[C@H]1CCCCNC(=O)/C=C/[C@H](Cc2cccc(Cl)c2)NC1=O. The molecule has 1 aliphatic heterocycles. The van der Waals surface area contributed by atoms with Crippen LogP contribution in [-0.4, -0.2) is 30.4 Å². The highest BCUT2D eigenvalue weighted by atomic mass is 35.5. The van der Waals surface area contributed by atoms with Crippen molar-refractivity contribution in [3.63, 3.8) is 0 Å². The van der Waals surface area contributed by atoms with Crippen LogP contribution in [0.3, 0.4) is 0 Å². The molecule has 2 rings (SSSR count). The minimum Gasteiger partial charge on any atom is -0.353 e. The lowest BCUT2D eigenvalue weighted by Crippen LogP contribution is -2.45. The van der Waals surface area contributed by atoms with Gasteiger partial charge in [-0.1, -0.05) is 29.8 Å². The zero-order chi connectivity index (χ0) is 16.7. The van der Waals surface area contributed by atoms with Crippen LogP contribution in [0.1, 0.15) is 24.8 Å². The normalized spacial score (nSPS) is 24.8. The average Bonchev–Trinajstić information content (AvgIpc) is 2.51. The monoisotopic (exact) mass is 335 g/mol. The Bertz CT molecular complexity index is 589. The molecule has 1 aromatic rings. The number of carbonyl (C=O) groups excluding carboxylic acids is 2. The third-order valence-electron chi connectivity index (χ3n) is 3.73. The molecule has 124 valence electrons. The highest BCUT2D eigenvalue weighted by Crippen LogP contribution is 2.13. The van der Waals surface area contributed by atoms with Gasteiger partial charge in [0, 0.05) is 17.6 Å². The molecule has 0 aromatic heterocycles. The number of nitrogens with one attached hydrogen (secondary N) is 2. The molecular formula is C17H22ClN3O2. The van der Waals surface area contributed by atoms with Crippen molar-refractivity contribution in [3.05, 3.63) is 47.0 Å². The van der Waals surface area contributed by atoms with Crippen LogP contribution < -0.4 is 16.4 Å². The molecule has 1 aromatic carbocycles. The summed E-state index contributed by atoms with van der Waals surface area (Å²) >= 11 is 5.99. The lowest BCUT2D eigenvalue weighted by molar-refractivity contribution is -0.123. The van der Waals surface area contributed by atoms with Crippen molar-refractivity contribution in [2.75, 3.05) is 6.54 Å². The Morgan fingerprint density at radius 3 is 2.87 bits per heavy atom. The Labute approximate surface area is 141 Å². The molecule has 0 radical (unpaired) electrons. The molecule has 0 saturated heterocycles. The van der Waals surface area contributed by atoms with Gasteiger partial charge >= 0.3 is 0 Å². The van der Waals surface area contributed by atoms with Gasteiger partial charge in [-0.15, -0.1) is 0 Å². The molecule has 2 amide bonds. The lowest BCUT2D eigenvalue weighted by Gasteiger charge is -2.19. The summed E-state index contributed by atoms with van der Waals surface area (Å²) in [5.41, 5.74) is 6.90. The Kier molecular flexibility index (Phi) is 6.62. The van der Waals surface area contributed by atoms with E-state index in [1.807, 2.05) is 18.2 Å². The summed E-state index contributed by atoms with van der Waals surface area (Å²) < 4.78 is 0. The van der Waals surface area contributed by atoms with E-state index in [0.29, 0.717) is 24.4 Å². The van der Waals surface area contributed by atoms with Crippen LogP contribution in [0.25, 0.3) is 0 Å². The first-order valence-corrected chi connectivity index (χ1v) is 8.19. The molecular weight excluding hydrogens is 314 g/mol. The van der Waals surface area contributed by atoms with Gasteiger partial charge in [-0.25, -0.2) is 0 Å². The van der Waals surface area contributed by atoms with Gasteiger partial charge in [0.15, 0.2) is 0 Å². The summed E-state index contributed by atoms with van der Waals surface area (Å²) in [5.74, 6) is -0.345. The predicted molar refractivity (Wildman–Crippen MR) is 91.1 cm³/mol. The van der Waals surface area contributed by atoms with E-state index in [-0.39, 0.29) is 17.9 Å². The number of benzene rings is 1. The molecule has 0 saturated carbocycles. The van der Waals surface area contributed by atoms with Gasteiger partial charge in [0.25, 0.3) is 0 Å². The van der Waals surface area contributed by atoms with E-state index in [0.717, 1.165) is 18.4 Å². The van der Waals surface area contributed by atoms with Gasteiger partial charge in [0.05, 0.1) is 12.1 Å². The first-order valence-electron chi connectivity index (χ1n) is 7.81. The van der Waals surface area contributed by atoms with E-state index < -0.39 is 6.04 Å². The number of halogens is 1. The van der Waals surface area contributed by atoms with Crippen molar-refractivity contribution in [1.82, 2.24) is 10.6 Å². The second-order valence-corrected chi connectivity index (χ2v) is 6.14. The Morgan fingerprint density at radius 1 is 1.26 bits per heavy atom. The molecule has 23 heavy (non-hydrogen) atoms. The minimum atomic E-state index is -0.527.